The van der Waals surface area contributed by atoms with Crippen LogP contribution in [0.1, 0.15) is 64.2 Å². The zero-order valence-corrected chi connectivity index (χ0v) is 19.1. The molecule has 3 rings (SSSR count). The topological polar surface area (TPSA) is 66.4 Å². The van der Waals surface area contributed by atoms with Gasteiger partial charge in [0.1, 0.15) is 6.54 Å². The molecule has 172 valence electrons. The first-order valence-electron chi connectivity index (χ1n) is 12.1. The Kier molecular flexibility index (Phi) is 9.72. The van der Waals surface area contributed by atoms with Gasteiger partial charge >= 0.3 is 0 Å². The van der Waals surface area contributed by atoms with Gasteiger partial charge in [-0.3, -0.25) is 4.79 Å². The van der Waals surface area contributed by atoms with E-state index in [2.05, 4.69) is 15.2 Å². The van der Waals surface area contributed by atoms with E-state index in [1.54, 1.807) is 19.0 Å². The molecule has 2 aliphatic heterocycles. The number of guanidine groups is 1. The van der Waals surface area contributed by atoms with Crippen LogP contribution in [0.15, 0.2) is 4.99 Å². The molecule has 3 fully saturated rings. The van der Waals surface area contributed by atoms with Gasteiger partial charge in [0.2, 0.25) is 5.91 Å². The van der Waals surface area contributed by atoms with Crippen molar-refractivity contribution in [3.63, 3.8) is 0 Å². The standard InChI is InChI=1S/C23H42N4O3/c1-26(2)22(28)17-25-23(24-16-19-8-4-3-5-9-19)27-13-11-20(12-14-27)30-18-21-10-6-7-15-29-21/h19-21H,3-18H2,1-2H3,(H,24,25). The number of hydrogen-bond acceptors (Lipinski definition) is 4. The molecule has 7 nitrogen and oxygen atoms in total. The third-order valence-corrected chi connectivity index (χ3v) is 6.67. The molecule has 0 radical (unpaired) electrons. The summed E-state index contributed by atoms with van der Waals surface area (Å²) in [6, 6.07) is 0. The van der Waals surface area contributed by atoms with Gasteiger partial charge in [0.05, 0.1) is 18.8 Å². The maximum atomic E-state index is 12.1. The molecule has 0 aromatic heterocycles. The number of likely N-dealkylation sites (N-methyl/N-ethyl adjacent to an activating group) is 1. The molecule has 0 aromatic rings. The highest BCUT2D eigenvalue weighted by Crippen LogP contribution is 2.23. The number of aliphatic imine (C=N–C) groups is 1. The summed E-state index contributed by atoms with van der Waals surface area (Å²) in [6.07, 6.45) is 12.8. The maximum Gasteiger partial charge on any atom is 0.243 e. The summed E-state index contributed by atoms with van der Waals surface area (Å²) < 4.78 is 12.0. The van der Waals surface area contributed by atoms with E-state index in [1.165, 1.54) is 44.9 Å². The Morgan fingerprint density at radius 3 is 2.47 bits per heavy atom. The van der Waals surface area contributed by atoms with Gasteiger partial charge in [-0.15, -0.1) is 0 Å². The van der Waals surface area contributed by atoms with Gasteiger partial charge in [-0.1, -0.05) is 19.3 Å². The molecular weight excluding hydrogens is 380 g/mol. The molecule has 30 heavy (non-hydrogen) atoms. The van der Waals surface area contributed by atoms with Crippen molar-refractivity contribution in [1.29, 1.82) is 0 Å². The van der Waals surface area contributed by atoms with Gasteiger partial charge in [-0.25, -0.2) is 4.99 Å². The predicted octanol–water partition coefficient (Wildman–Crippen LogP) is 2.65. The van der Waals surface area contributed by atoms with Gasteiger partial charge < -0.3 is 24.6 Å². The monoisotopic (exact) mass is 422 g/mol. The van der Waals surface area contributed by atoms with Crippen molar-refractivity contribution in [3.05, 3.63) is 0 Å². The van der Waals surface area contributed by atoms with Gasteiger partial charge in [0, 0.05) is 40.3 Å². The van der Waals surface area contributed by atoms with Gasteiger partial charge in [0.15, 0.2) is 5.96 Å². The average Bonchev–Trinajstić information content (AvgIpc) is 2.79. The van der Waals surface area contributed by atoms with Crippen LogP contribution in [-0.2, 0) is 14.3 Å². The van der Waals surface area contributed by atoms with Crippen molar-refractivity contribution in [1.82, 2.24) is 15.1 Å². The fourth-order valence-corrected chi connectivity index (χ4v) is 4.60. The van der Waals surface area contributed by atoms with E-state index in [4.69, 9.17) is 9.47 Å². The fraction of sp³-hybridized carbons (Fsp3) is 0.913. The van der Waals surface area contributed by atoms with Crippen molar-refractivity contribution < 1.29 is 14.3 Å². The highest BCUT2D eigenvalue weighted by Gasteiger charge is 2.25. The van der Waals surface area contributed by atoms with E-state index in [0.29, 0.717) is 6.10 Å². The fourth-order valence-electron chi connectivity index (χ4n) is 4.60. The third kappa shape index (κ3) is 7.73. The van der Waals surface area contributed by atoms with Crippen molar-refractivity contribution >= 4 is 11.9 Å². The number of amides is 1. The first-order chi connectivity index (χ1) is 14.6. The number of nitrogens with zero attached hydrogens (tertiary/aromatic N) is 3. The van der Waals surface area contributed by atoms with E-state index in [0.717, 1.165) is 64.0 Å². The molecular formula is C23H42N4O3. The Balaban J connectivity index is 1.47. The van der Waals surface area contributed by atoms with Crippen LogP contribution in [0, 0.1) is 5.92 Å². The molecule has 1 amide bonds. The van der Waals surface area contributed by atoms with E-state index in [-0.39, 0.29) is 18.6 Å². The van der Waals surface area contributed by atoms with Gasteiger partial charge in [-0.05, 0) is 50.9 Å². The predicted molar refractivity (Wildman–Crippen MR) is 120 cm³/mol. The van der Waals surface area contributed by atoms with E-state index in [1.807, 2.05) is 0 Å². The summed E-state index contributed by atoms with van der Waals surface area (Å²) in [5.74, 6) is 1.66. The van der Waals surface area contributed by atoms with Crippen LogP contribution < -0.4 is 5.32 Å². The van der Waals surface area contributed by atoms with E-state index in [9.17, 15) is 4.79 Å². The second kappa shape index (κ2) is 12.5. The summed E-state index contributed by atoms with van der Waals surface area (Å²) in [5, 5.41) is 3.60. The van der Waals surface area contributed by atoms with Crippen molar-refractivity contribution in [3.8, 4) is 0 Å². The Morgan fingerprint density at radius 1 is 1.07 bits per heavy atom. The molecule has 7 heteroatoms. The SMILES string of the molecule is CN(C)C(=O)CN=C(NCC1CCCCC1)N1CCC(OCC2CCCCO2)CC1. The number of likely N-dealkylation sites (tertiary alicyclic amines) is 1. The lowest BCUT2D eigenvalue weighted by Crippen LogP contribution is -2.48. The molecule has 1 unspecified atom stereocenters. The smallest absolute Gasteiger partial charge is 0.243 e. The number of rotatable bonds is 7. The molecule has 0 spiro atoms. The number of carbonyl (C=O) groups is 1. The van der Waals surface area contributed by atoms with E-state index < -0.39 is 0 Å². The highest BCUT2D eigenvalue weighted by molar-refractivity contribution is 5.84. The zero-order valence-electron chi connectivity index (χ0n) is 19.1. The summed E-state index contributed by atoms with van der Waals surface area (Å²) in [5.41, 5.74) is 0. The first-order valence-corrected chi connectivity index (χ1v) is 12.1. The molecule has 2 saturated heterocycles. The second-order valence-electron chi connectivity index (χ2n) is 9.32. The van der Waals surface area contributed by atoms with Crippen molar-refractivity contribution in [2.45, 2.75) is 76.4 Å². The van der Waals surface area contributed by atoms with Crippen LogP contribution >= 0.6 is 0 Å². The summed E-state index contributed by atoms with van der Waals surface area (Å²) >= 11 is 0. The molecule has 0 aromatic carbocycles. The quantitative estimate of drug-likeness (QED) is 0.505. The normalized spacial score (nSPS) is 24.7. The summed E-state index contributed by atoms with van der Waals surface area (Å²) in [4.78, 5) is 20.7. The first kappa shape index (κ1) is 23.3. The van der Waals surface area contributed by atoms with Crippen LogP contribution in [-0.4, -0.2) is 87.4 Å². The van der Waals surface area contributed by atoms with Crippen LogP contribution in [0.4, 0.5) is 0 Å². The number of ether oxygens (including phenoxy) is 2. The minimum absolute atomic E-state index is 0.0395. The second-order valence-corrected chi connectivity index (χ2v) is 9.32. The van der Waals surface area contributed by atoms with Crippen LogP contribution in [0.5, 0.6) is 0 Å². The number of hydrogen-bond donors (Lipinski definition) is 1. The Hall–Kier alpha value is -1.34. The molecule has 3 aliphatic rings. The average molecular weight is 423 g/mol. The minimum atomic E-state index is 0.0395. The minimum Gasteiger partial charge on any atom is -0.376 e. The van der Waals surface area contributed by atoms with Crippen LogP contribution in [0.3, 0.4) is 0 Å². The Labute approximate surface area is 182 Å². The molecule has 0 bridgehead atoms. The summed E-state index contributed by atoms with van der Waals surface area (Å²) in [7, 11) is 3.57. The molecule has 1 saturated carbocycles. The Bertz CT molecular complexity index is 535. The lowest BCUT2D eigenvalue weighted by molar-refractivity contribution is -0.127. The lowest BCUT2D eigenvalue weighted by atomic mass is 9.89. The number of piperidine rings is 1. The number of carbonyl (C=O) groups excluding carboxylic acids is 1. The number of nitrogens with one attached hydrogen (secondary N) is 1. The molecule has 1 N–H and O–H groups in total. The van der Waals surface area contributed by atoms with Crippen molar-refractivity contribution in [2.75, 3.05) is 53.5 Å². The molecule has 1 aliphatic carbocycles. The highest BCUT2D eigenvalue weighted by atomic mass is 16.5. The van der Waals surface area contributed by atoms with E-state index >= 15 is 0 Å². The van der Waals surface area contributed by atoms with Gasteiger partial charge in [-0.2, -0.15) is 0 Å². The maximum absolute atomic E-state index is 12.1. The van der Waals surface area contributed by atoms with Crippen LogP contribution in [0.25, 0.3) is 0 Å². The van der Waals surface area contributed by atoms with Crippen LogP contribution in [0.2, 0.25) is 0 Å². The third-order valence-electron chi connectivity index (χ3n) is 6.67. The zero-order chi connectivity index (χ0) is 21.2. The van der Waals surface area contributed by atoms with Gasteiger partial charge in [0.25, 0.3) is 0 Å². The summed E-state index contributed by atoms with van der Waals surface area (Å²) in [6.45, 7) is 4.61. The Morgan fingerprint density at radius 2 is 1.80 bits per heavy atom. The lowest BCUT2D eigenvalue weighted by Gasteiger charge is -2.35. The molecule has 1 atom stereocenters. The van der Waals surface area contributed by atoms with Crippen molar-refractivity contribution in [2.24, 2.45) is 10.9 Å². The molecule has 2 heterocycles. The largest absolute Gasteiger partial charge is 0.376 e.